The fraction of sp³-hybridized carbons (Fsp3) is 0.300. The number of esters is 1. The molecule has 0 heterocycles. The zero-order valence-electron chi connectivity index (χ0n) is 8.17. The first kappa shape index (κ1) is 11.9. The van der Waals surface area contributed by atoms with Gasteiger partial charge in [0.2, 0.25) is 0 Å². The summed E-state index contributed by atoms with van der Waals surface area (Å²) < 4.78 is 17.7. The number of ether oxygens (including phenoxy) is 1. The first-order valence-electron chi connectivity index (χ1n) is 4.32. The number of halogens is 2. The summed E-state index contributed by atoms with van der Waals surface area (Å²) in [6.45, 7) is 0. The molecular formula is C10H11ClFNO2. The van der Waals surface area contributed by atoms with Gasteiger partial charge < -0.3 is 10.5 Å². The molecule has 82 valence electrons. The largest absolute Gasteiger partial charge is 0.469 e. The van der Waals surface area contributed by atoms with Crippen LogP contribution in [0.25, 0.3) is 0 Å². The fourth-order valence-corrected chi connectivity index (χ4v) is 1.35. The molecule has 0 bridgehead atoms. The summed E-state index contributed by atoms with van der Waals surface area (Å²) in [6.07, 6.45) is -0.0756. The van der Waals surface area contributed by atoms with Crippen molar-refractivity contribution in [3.8, 4) is 0 Å². The van der Waals surface area contributed by atoms with E-state index >= 15 is 0 Å². The Morgan fingerprint density at radius 2 is 2.33 bits per heavy atom. The summed E-state index contributed by atoms with van der Waals surface area (Å²) in [7, 11) is 1.25. The Hall–Kier alpha value is -1.13. The van der Waals surface area contributed by atoms with E-state index in [1.807, 2.05) is 0 Å². The third-order valence-corrected chi connectivity index (χ3v) is 2.21. The second kappa shape index (κ2) is 5.09. The quantitative estimate of drug-likeness (QED) is 0.810. The predicted octanol–water partition coefficient (Wildman–Crippen LogP) is 2.04. The Bertz CT molecular complexity index is 370. The molecule has 1 unspecified atom stereocenters. The van der Waals surface area contributed by atoms with E-state index in [0.717, 1.165) is 0 Å². The smallest absolute Gasteiger partial charge is 0.307 e. The topological polar surface area (TPSA) is 52.3 Å². The second-order valence-corrected chi connectivity index (χ2v) is 3.49. The van der Waals surface area contributed by atoms with Crippen LogP contribution in [0.5, 0.6) is 0 Å². The van der Waals surface area contributed by atoms with Gasteiger partial charge in [0, 0.05) is 16.6 Å². The number of carbonyl (C=O) groups is 1. The van der Waals surface area contributed by atoms with Crippen LogP contribution in [-0.4, -0.2) is 13.1 Å². The molecule has 0 aliphatic heterocycles. The second-order valence-electron chi connectivity index (χ2n) is 3.05. The lowest BCUT2D eigenvalue weighted by atomic mass is 10.0. The highest BCUT2D eigenvalue weighted by Gasteiger charge is 2.15. The summed E-state index contributed by atoms with van der Waals surface area (Å²) in [5.41, 5.74) is 5.86. The molecule has 1 rings (SSSR count). The van der Waals surface area contributed by atoms with Crippen LogP contribution in [0.4, 0.5) is 4.39 Å². The van der Waals surface area contributed by atoms with E-state index in [1.165, 1.54) is 25.3 Å². The summed E-state index contributed by atoms with van der Waals surface area (Å²) in [5.74, 6) is -0.960. The van der Waals surface area contributed by atoms with E-state index in [4.69, 9.17) is 17.3 Å². The van der Waals surface area contributed by atoms with E-state index in [9.17, 15) is 9.18 Å². The minimum atomic E-state index is -0.740. The number of hydrogen-bond acceptors (Lipinski definition) is 3. The van der Waals surface area contributed by atoms with E-state index in [2.05, 4.69) is 4.74 Å². The molecule has 0 aliphatic carbocycles. The van der Waals surface area contributed by atoms with E-state index in [-0.39, 0.29) is 12.0 Å². The van der Waals surface area contributed by atoms with E-state index < -0.39 is 17.8 Å². The molecule has 0 fully saturated rings. The molecule has 5 heteroatoms. The average molecular weight is 232 g/mol. The Kier molecular flexibility index (Phi) is 4.05. The molecule has 0 spiro atoms. The highest BCUT2D eigenvalue weighted by molar-refractivity contribution is 6.30. The van der Waals surface area contributed by atoms with Crippen LogP contribution in [0, 0.1) is 5.82 Å². The SMILES string of the molecule is COC(=O)CC(N)c1cc(Cl)ccc1F. The molecule has 1 aromatic rings. The Balaban J connectivity index is 2.85. The monoisotopic (exact) mass is 231 g/mol. The first-order chi connectivity index (χ1) is 7.04. The molecule has 2 N–H and O–H groups in total. The molecule has 0 radical (unpaired) electrons. The van der Waals surface area contributed by atoms with Crippen molar-refractivity contribution >= 4 is 17.6 Å². The molecule has 3 nitrogen and oxygen atoms in total. The molecule has 0 amide bonds. The van der Waals surface area contributed by atoms with Crippen molar-refractivity contribution < 1.29 is 13.9 Å². The molecule has 0 saturated carbocycles. The zero-order chi connectivity index (χ0) is 11.4. The highest BCUT2D eigenvalue weighted by Crippen LogP contribution is 2.22. The summed E-state index contributed by atoms with van der Waals surface area (Å²) in [5, 5.41) is 0.381. The zero-order valence-corrected chi connectivity index (χ0v) is 8.92. The maximum absolute atomic E-state index is 13.3. The first-order valence-corrected chi connectivity index (χ1v) is 4.69. The Morgan fingerprint density at radius 1 is 1.67 bits per heavy atom. The lowest BCUT2D eigenvalue weighted by Crippen LogP contribution is -2.17. The van der Waals surface area contributed by atoms with E-state index in [0.29, 0.717) is 5.02 Å². The lowest BCUT2D eigenvalue weighted by Gasteiger charge is -2.11. The van der Waals surface area contributed by atoms with Crippen molar-refractivity contribution in [3.05, 3.63) is 34.6 Å². The number of hydrogen-bond donors (Lipinski definition) is 1. The van der Waals surface area contributed by atoms with Gasteiger partial charge in [0.1, 0.15) is 5.82 Å². The van der Waals surface area contributed by atoms with Gasteiger partial charge >= 0.3 is 5.97 Å². The van der Waals surface area contributed by atoms with Gasteiger partial charge in [0.15, 0.2) is 0 Å². The van der Waals surface area contributed by atoms with Crippen LogP contribution in [0.2, 0.25) is 5.02 Å². The van der Waals surface area contributed by atoms with Crippen molar-refractivity contribution in [2.24, 2.45) is 5.73 Å². The van der Waals surface area contributed by atoms with Crippen molar-refractivity contribution in [3.63, 3.8) is 0 Å². The van der Waals surface area contributed by atoms with Crippen LogP contribution < -0.4 is 5.73 Å². The number of rotatable bonds is 3. The molecule has 0 aromatic heterocycles. The van der Waals surface area contributed by atoms with Gasteiger partial charge in [-0.3, -0.25) is 4.79 Å². The average Bonchev–Trinajstić information content (AvgIpc) is 2.21. The molecule has 15 heavy (non-hydrogen) atoms. The summed E-state index contributed by atoms with van der Waals surface area (Å²) in [4.78, 5) is 10.9. The highest BCUT2D eigenvalue weighted by atomic mass is 35.5. The minimum absolute atomic E-state index is 0.0756. The Morgan fingerprint density at radius 3 is 2.93 bits per heavy atom. The normalized spacial score (nSPS) is 12.3. The van der Waals surface area contributed by atoms with Crippen LogP contribution in [0.3, 0.4) is 0 Å². The van der Waals surface area contributed by atoms with Gasteiger partial charge in [-0.25, -0.2) is 4.39 Å². The molecule has 0 aliphatic rings. The number of benzene rings is 1. The number of methoxy groups -OCH3 is 1. The molecule has 1 atom stereocenters. The standard InChI is InChI=1S/C10H11ClFNO2/c1-15-10(14)5-9(13)7-4-6(11)2-3-8(7)12/h2-4,9H,5,13H2,1H3. The van der Waals surface area contributed by atoms with Gasteiger partial charge in [-0.15, -0.1) is 0 Å². The van der Waals surface area contributed by atoms with Gasteiger partial charge in [-0.2, -0.15) is 0 Å². The molecular weight excluding hydrogens is 221 g/mol. The van der Waals surface area contributed by atoms with E-state index in [1.54, 1.807) is 0 Å². The van der Waals surface area contributed by atoms with Gasteiger partial charge in [-0.05, 0) is 18.2 Å². The maximum Gasteiger partial charge on any atom is 0.307 e. The van der Waals surface area contributed by atoms with Crippen LogP contribution in [-0.2, 0) is 9.53 Å². The third-order valence-electron chi connectivity index (χ3n) is 1.97. The van der Waals surface area contributed by atoms with Gasteiger partial charge in [-0.1, -0.05) is 11.6 Å². The van der Waals surface area contributed by atoms with Gasteiger partial charge in [0.05, 0.1) is 13.5 Å². The van der Waals surface area contributed by atoms with Crippen LogP contribution in [0.1, 0.15) is 18.0 Å². The van der Waals surface area contributed by atoms with Crippen molar-refractivity contribution in [1.82, 2.24) is 0 Å². The van der Waals surface area contributed by atoms with Crippen LogP contribution >= 0.6 is 11.6 Å². The van der Waals surface area contributed by atoms with Crippen molar-refractivity contribution in [1.29, 1.82) is 0 Å². The van der Waals surface area contributed by atoms with Gasteiger partial charge in [0.25, 0.3) is 0 Å². The molecule has 0 saturated heterocycles. The summed E-state index contributed by atoms with van der Waals surface area (Å²) >= 11 is 5.69. The number of carbonyl (C=O) groups excluding carboxylic acids is 1. The number of nitrogens with two attached hydrogens (primary N) is 1. The maximum atomic E-state index is 13.3. The minimum Gasteiger partial charge on any atom is -0.469 e. The van der Waals surface area contributed by atoms with Crippen LogP contribution in [0.15, 0.2) is 18.2 Å². The fourth-order valence-electron chi connectivity index (χ4n) is 1.17. The summed E-state index contributed by atoms with van der Waals surface area (Å²) in [6, 6.07) is 3.31. The third kappa shape index (κ3) is 3.18. The Labute approximate surface area is 92.0 Å². The lowest BCUT2D eigenvalue weighted by molar-refractivity contribution is -0.141. The molecule has 1 aromatic carbocycles. The van der Waals surface area contributed by atoms with Crippen molar-refractivity contribution in [2.75, 3.05) is 7.11 Å². The predicted molar refractivity (Wildman–Crippen MR) is 55.0 cm³/mol. The van der Waals surface area contributed by atoms with Crippen molar-refractivity contribution in [2.45, 2.75) is 12.5 Å².